The molecule has 0 aromatic heterocycles. The number of hydrogen-bond acceptors (Lipinski definition) is 4. The van der Waals surface area contributed by atoms with Crippen LogP contribution in [0.3, 0.4) is 0 Å². The van der Waals surface area contributed by atoms with Gasteiger partial charge in [0, 0.05) is 25.2 Å². The second-order valence-corrected chi connectivity index (χ2v) is 8.98. The summed E-state index contributed by atoms with van der Waals surface area (Å²) in [6, 6.07) is 7.65. The molecule has 2 aliphatic rings. The molecule has 1 aromatic carbocycles. The summed E-state index contributed by atoms with van der Waals surface area (Å²) in [5, 5.41) is 2.82. The Balaban J connectivity index is 1.55. The molecule has 130 valence electrons. The Bertz CT molecular complexity index is 742. The van der Waals surface area contributed by atoms with Crippen LogP contribution in [0.25, 0.3) is 0 Å². The first kappa shape index (κ1) is 17.0. The molecule has 7 heteroatoms. The highest BCUT2D eigenvalue weighted by Gasteiger charge is 2.36. The molecule has 1 N–H and O–H groups in total. The molecule has 6 nitrogen and oxygen atoms in total. The summed E-state index contributed by atoms with van der Waals surface area (Å²) in [4.78, 5) is 26.1. The van der Waals surface area contributed by atoms with Gasteiger partial charge in [-0.3, -0.25) is 9.59 Å². The lowest BCUT2D eigenvalue weighted by Gasteiger charge is -2.17. The SMILES string of the molecule is Cc1ccc(N2CC(C(=O)NCC3CCS(=O)(=O)C3)CC2=O)cc1. The summed E-state index contributed by atoms with van der Waals surface area (Å²) in [6.45, 7) is 2.72. The predicted octanol–water partition coefficient (Wildman–Crippen LogP) is 0.899. The predicted molar refractivity (Wildman–Crippen MR) is 91.4 cm³/mol. The molecule has 0 saturated carbocycles. The number of hydrogen-bond donors (Lipinski definition) is 1. The van der Waals surface area contributed by atoms with Crippen molar-refractivity contribution in [2.45, 2.75) is 19.8 Å². The molecule has 24 heavy (non-hydrogen) atoms. The minimum absolute atomic E-state index is 0.00995. The van der Waals surface area contributed by atoms with Crippen molar-refractivity contribution in [1.29, 1.82) is 0 Å². The van der Waals surface area contributed by atoms with Gasteiger partial charge in [-0.15, -0.1) is 0 Å². The number of amides is 2. The van der Waals surface area contributed by atoms with Gasteiger partial charge in [0.2, 0.25) is 11.8 Å². The van der Waals surface area contributed by atoms with Crippen LogP contribution in [0.4, 0.5) is 5.69 Å². The fourth-order valence-electron chi connectivity index (χ4n) is 3.28. The smallest absolute Gasteiger partial charge is 0.227 e. The molecular weight excluding hydrogens is 328 g/mol. The quantitative estimate of drug-likeness (QED) is 0.874. The molecular formula is C17H22N2O4S. The van der Waals surface area contributed by atoms with Crippen LogP contribution in [-0.4, -0.2) is 44.8 Å². The summed E-state index contributed by atoms with van der Waals surface area (Å²) in [5.41, 5.74) is 1.92. The van der Waals surface area contributed by atoms with Crippen LogP contribution in [-0.2, 0) is 19.4 Å². The highest BCUT2D eigenvalue weighted by atomic mass is 32.2. The van der Waals surface area contributed by atoms with Crippen LogP contribution in [0.1, 0.15) is 18.4 Å². The Morgan fingerprint density at radius 1 is 1.29 bits per heavy atom. The largest absolute Gasteiger partial charge is 0.355 e. The van der Waals surface area contributed by atoms with Crippen molar-refractivity contribution in [2.24, 2.45) is 11.8 Å². The Hall–Kier alpha value is -1.89. The maximum absolute atomic E-state index is 12.3. The number of nitrogens with one attached hydrogen (secondary N) is 1. The van der Waals surface area contributed by atoms with E-state index in [2.05, 4.69) is 5.32 Å². The summed E-state index contributed by atoms with van der Waals surface area (Å²) in [6.07, 6.45) is 0.796. The summed E-state index contributed by atoms with van der Waals surface area (Å²) >= 11 is 0. The second-order valence-electron chi connectivity index (χ2n) is 6.76. The molecule has 0 spiro atoms. The third-order valence-corrected chi connectivity index (χ3v) is 6.57. The molecule has 2 atom stereocenters. The van der Waals surface area contributed by atoms with Crippen LogP contribution in [0.15, 0.2) is 24.3 Å². The highest BCUT2D eigenvalue weighted by molar-refractivity contribution is 7.91. The van der Waals surface area contributed by atoms with E-state index in [1.54, 1.807) is 4.90 Å². The minimum Gasteiger partial charge on any atom is -0.355 e. The van der Waals surface area contributed by atoms with Crippen molar-refractivity contribution in [3.05, 3.63) is 29.8 Å². The van der Waals surface area contributed by atoms with Crippen molar-refractivity contribution in [2.75, 3.05) is 29.5 Å². The molecule has 1 aromatic rings. The van der Waals surface area contributed by atoms with E-state index in [4.69, 9.17) is 0 Å². The van der Waals surface area contributed by atoms with E-state index in [-0.39, 0.29) is 41.6 Å². The monoisotopic (exact) mass is 350 g/mol. The molecule has 2 heterocycles. The molecule has 2 fully saturated rings. The molecule has 2 unspecified atom stereocenters. The van der Waals surface area contributed by atoms with Gasteiger partial charge in [0.05, 0.1) is 17.4 Å². The van der Waals surface area contributed by atoms with Crippen molar-refractivity contribution in [3.63, 3.8) is 0 Å². The Morgan fingerprint density at radius 3 is 2.62 bits per heavy atom. The van der Waals surface area contributed by atoms with E-state index in [9.17, 15) is 18.0 Å². The average Bonchev–Trinajstić information content (AvgIpc) is 3.08. The average molecular weight is 350 g/mol. The van der Waals surface area contributed by atoms with E-state index < -0.39 is 9.84 Å². The molecule has 0 aliphatic carbocycles. The van der Waals surface area contributed by atoms with Crippen LogP contribution < -0.4 is 10.2 Å². The Labute approximate surface area is 142 Å². The van der Waals surface area contributed by atoms with Gasteiger partial charge in [0.1, 0.15) is 0 Å². The highest BCUT2D eigenvalue weighted by Crippen LogP contribution is 2.25. The molecule has 2 aliphatic heterocycles. The van der Waals surface area contributed by atoms with Gasteiger partial charge in [-0.05, 0) is 31.4 Å². The van der Waals surface area contributed by atoms with E-state index >= 15 is 0 Å². The number of nitrogens with zero attached hydrogens (tertiary/aromatic N) is 1. The van der Waals surface area contributed by atoms with Crippen LogP contribution in [0, 0.1) is 18.8 Å². The zero-order valence-corrected chi connectivity index (χ0v) is 14.5. The lowest BCUT2D eigenvalue weighted by Crippen LogP contribution is -2.36. The van der Waals surface area contributed by atoms with E-state index in [1.807, 2.05) is 31.2 Å². The van der Waals surface area contributed by atoms with E-state index in [0.29, 0.717) is 19.5 Å². The second kappa shape index (κ2) is 6.55. The van der Waals surface area contributed by atoms with Crippen molar-refractivity contribution >= 4 is 27.3 Å². The normalized spacial score (nSPS) is 25.9. The lowest BCUT2D eigenvalue weighted by atomic mass is 10.1. The van der Waals surface area contributed by atoms with Gasteiger partial charge >= 0.3 is 0 Å². The first-order valence-electron chi connectivity index (χ1n) is 8.19. The summed E-state index contributed by atoms with van der Waals surface area (Å²) in [5.74, 6) is -0.256. The van der Waals surface area contributed by atoms with Gasteiger partial charge < -0.3 is 10.2 Å². The third-order valence-electron chi connectivity index (χ3n) is 4.73. The first-order valence-corrected chi connectivity index (χ1v) is 10.0. The zero-order valence-electron chi connectivity index (χ0n) is 13.7. The topological polar surface area (TPSA) is 83.6 Å². The van der Waals surface area contributed by atoms with E-state index in [0.717, 1.165) is 11.3 Å². The van der Waals surface area contributed by atoms with Gasteiger partial charge in [0.15, 0.2) is 9.84 Å². The minimum atomic E-state index is -2.93. The molecule has 3 rings (SSSR count). The molecule has 2 saturated heterocycles. The van der Waals surface area contributed by atoms with Crippen molar-refractivity contribution < 1.29 is 18.0 Å². The number of sulfone groups is 1. The van der Waals surface area contributed by atoms with Gasteiger partial charge in [-0.1, -0.05) is 17.7 Å². The Kier molecular flexibility index (Phi) is 4.62. The fourth-order valence-corrected chi connectivity index (χ4v) is 5.14. The number of aryl methyl sites for hydroxylation is 1. The maximum atomic E-state index is 12.3. The van der Waals surface area contributed by atoms with Gasteiger partial charge in [0.25, 0.3) is 0 Å². The maximum Gasteiger partial charge on any atom is 0.227 e. The number of rotatable bonds is 4. The summed E-state index contributed by atoms with van der Waals surface area (Å²) in [7, 11) is -2.93. The lowest BCUT2D eigenvalue weighted by molar-refractivity contribution is -0.126. The number of carbonyl (C=O) groups is 2. The van der Waals surface area contributed by atoms with Gasteiger partial charge in [-0.2, -0.15) is 0 Å². The standard InChI is InChI=1S/C17H22N2O4S/c1-12-2-4-15(5-3-12)19-10-14(8-16(19)20)17(21)18-9-13-6-7-24(22,23)11-13/h2-5,13-14H,6-11H2,1H3,(H,18,21). The fraction of sp³-hybridized carbons (Fsp3) is 0.529. The molecule has 2 amide bonds. The van der Waals surface area contributed by atoms with E-state index in [1.165, 1.54) is 0 Å². The summed E-state index contributed by atoms with van der Waals surface area (Å²) < 4.78 is 22.9. The van der Waals surface area contributed by atoms with Gasteiger partial charge in [-0.25, -0.2) is 8.42 Å². The third kappa shape index (κ3) is 3.77. The van der Waals surface area contributed by atoms with Crippen molar-refractivity contribution in [3.8, 4) is 0 Å². The van der Waals surface area contributed by atoms with Crippen molar-refractivity contribution in [1.82, 2.24) is 5.32 Å². The van der Waals surface area contributed by atoms with Crippen LogP contribution >= 0.6 is 0 Å². The number of benzene rings is 1. The van der Waals surface area contributed by atoms with Crippen LogP contribution in [0.5, 0.6) is 0 Å². The van der Waals surface area contributed by atoms with Crippen LogP contribution in [0.2, 0.25) is 0 Å². The number of anilines is 1. The molecule has 0 bridgehead atoms. The first-order chi connectivity index (χ1) is 11.3. The Morgan fingerprint density at radius 2 is 2.00 bits per heavy atom. The zero-order chi connectivity index (χ0) is 17.3. The molecule has 0 radical (unpaired) electrons. The number of carbonyl (C=O) groups excluding carboxylic acids is 2.